The van der Waals surface area contributed by atoms with Crippen LogP contribution < -0.4 is 0 Å². The van der Waals surface area contributed by atoms with Crippen molar-refractivity contribution in [2.24, 2.45) is 5.92 Å². The summed E-state index contributed by atoms with van der Waals surface area (Å²) in [4.78, 5) is 44.5. The second-order valence-electron chi connectivity index (χ2n) is 11.6. The highest BCUT2D eigenvalue weighted by Gasteiger charge is 2.36. The van der Waals surface area contributed by atoms with E-state index in [2.05, 4.69) is 12.1 Å². The van der Waals surface area contributed by atoms with Crippen LogP contribution >= 0.6 is 0 Å². The minimum atomic E-state index is -0.784. The van der Waals surface area contributed by atoms with Crippen molar-refractivity contribution in [3.8, 4) is 0 Å². The molecule has 0 heterocycles. The van der Waals surface area contributed by atoms with Crippen molar-refractivity contribution in [1.82, 2.24) is 19.8 Å². The number of carbonyl (C=O) groups excluding carboxylic acids is 3. The van der Waals surface area contributed by atoms with Crippen molar-refractivity contribution in [2.45, 2.75) is 50.6 Å². The van der Waals surface area contributed by atoms with E-state index in [1.165, 1.54) is 34.1 Å². The fourth-order valence-electron chi connectivity index (χ4n) is 5.37. The Morgan fingerprint density at radius 3 is 2.00 bits per heavy atom. The summed E-state index contributed by atoms with van der Waals surface area (Å²) >= 11 is 0. The van der Waals surface area contributed by atoms with Crippen LogP contribution in [0.3, 0.4) is 0 Å². The number of carbonyl (C=O) groups is 3. The second kappa shape index (κ2) is 14.3. The maximum Gasteiger partial charge on any atom is 0.259 e. The third-order valence-corrected chi connectivity index (χ3v) is 8.59. The lowest BCUT2D eigenvalue weighted by Crippen LogP contribution is -2.57. The summed E-state index contributed by atoms with van der Waals surface area (Å²) < 4.78 is 0. The molecule has 1 aliphatic carbocycles. The zero-order valence-corrected chi connectivity index (χ0v) is 25.6. The number of benzene rings is 3. The van der Waals surface area contributed by atoms with E-state index < -0.39 is 12.1 Å². The van der Waals surface area contributed by atoms with Crippen molar-refractivity contribution in [3.63, 3.8) is 0 Å². The third-order valence-electron chi connectivity index (χ3n) is 8.59. The van der Waals surface area contributed by atoms with Gasteiger partial charge in [-0.3, -0.25) is 19.4 Å². The zero-order valence-electron chi connectivity index (χ0n) is 25.6. The molecule has 1 aliphatic rings. The first-order valence-electron chi connectivity index (χ1n) is 14.8. The SMILES string of the molecule is CN(C(=O)C=CCC1CCC1)[C@H](Cc1ccc2ccccc2c1)C(=O)N(C)[C@H](Cc1ccccc1)C(=O)N(C)N(C)C. The van der Waals surface area contributed by atoms with E-state index >= 15 is 0 Å². The number of nitrogens with zero attached hydrogens (tertiary/aromatic N) is 4. The number of amides is 3. The van der Waals surface area contributed by atoms with Crippen LogP contribution in [0.2, 0.25) is 0 Å². The first kappa shape index (κ1) is 31.0. The van der Waals surface area contributed by atoms with Gasteiger partial charge in [0.25, 0.3) is 5.91 Å². The Balaban J connectivity index is 1.64. The molecule has 0 aliphatic heterocycles. The van der Waals surface area contributed by atoms with Crippen LogP contribution in [0.15, 0.2) is 84.9 Å². The van der Waals surface area contributed by atoms with Crippen molar-refractivity contribution in [1.29, 1.82) is 0 Å². The number of likely N-dealkylation sites (N-methyl/N-ethyl adjacent to an activating group) is 3. The predicted molar refractivity (Wildman–Crippen MR) is 168 cm³/mol. The van der Waals surface area contributed by atoms with Crippen molar-refractivity contribution in [3.05, 3.63) is 96.1 Å². The number of rotatable bonds is 12. The van der Waals surface area contributed by atoms with E-state index in [9.17, 15) is 14.4 Å². The molecule has 1 fully saturated rings. The molecule has 4 rings (SSSR count). The highest BCUT2D eigenvalue weighted by molar-refractivity contribution is 5.95. The second-order valence-corrected chi connectivity index (χ2v) is 11.6. The average Bonchev–Trinajstić information content (AvgIpc) is 2.98. The minimum Gasteiger partial charge on any atom is -0.332 e. The molecule has 7 heteroatoms. The third kappa shape index (κ3) is 7.65. The van der Waals surface area contributed by atoms with Crippen LogP contribution in [0.25, 0.3) is 10.8 Å². The van der Waals surface area contributed by atoms with Gasteiger partial charge < -0.3 is 9.80 Å². The zero-order chi connectivity index (χ0) is 30.2. The van der Waals surface area contributed by atoms with E-state index in [-0.39, 0.29) is 17.7 Å². The van der Waals surface area contributed by atoms with Crippen molar-refractivity contribution >= 4 is 28.5 Å². The van der Waals surface area contributed by atoms with Gasteiger partial charge in [0.05, 0.1) is 0 Å². The molecule has 1 saturated carbocycles. The molecular formula is C35H44N4O3. The van der Waals surface area contributed by atoms with E-state index in [1.807, 2.05) is 66.7 Å². The van der Waals surface area contributed by atoms with Gasteiger partial charge in [-0.25, -0.2) is 5.01 Å². The van der Waals surface area contributed by atoms with Gasteiger partial charge in [-0.2, -0.15) is 0 Å². The van der Waals surface area contributed by atoms with Crippen LogP contribution in [0.1, 0.15) is 36.8 Å². The summed E-state index contributed by atoms with van der Waals surface area (Å²) in [6.07, 6.45) is 8.80. The Hall–Kier alpha value is -3.97. The molecule has 3 amide bonds. The molecule has 7 nitrogen and oxygen atoms in total. The Morgan fingerprint density at radius 1 is 0.738 bits per heavy atom. The molecule has 0 N–H and O–H groups in total. The Labute approximate surface area is 250 Å². The molecule has 222 valence electrons. The Morgan fingerprint density at radius 2 is 1.36 bits per heavy atom. The summed E-state index contributed by atoms with van der Waals surface area (Å²) in [5.41, 5.74) is 1.91. The minimum absolute atomic E-state index is 0.196. The molecule has 42 heavy (non-hydrogen) atoms. The van der Waals surface area contributed by atoms with E-state index in [4.69, 9.17) is 0 Å². The smallest absolute Gasteiger partial charge is 0.259 e. The molecule has 0 saturated heterocycles. The summed E-state index contributed by atoms with van der Waals surface area (Å²) in [6, 6.07) is 22.4. The summed E-state index contributed by atoms with van der Waals surface area (Å²) in [7, 11) is 8.66. The quantitative estimate of drug-likeness (QED) is 0.229. The molecule has 3 aromatic carbocycles. The lowest BCUT2D eigenvalue weighted by Gasteiger charge is -2.37. The number of hydrazine groups is 1. The maximum absolute atomic E-state index is 14.3. The van der Waals surface area contributed by atoms with Gasteiger partial charge >= 0.3 is 0 Å². The van der Waals surface area contributed by atoms with Gasteiger partial charge in [0, 0.05) is 48.1 Å². The van der Waals surface area contributed by atoms with E-state index in [1.54, 1.807) is 46.3 Å². The molecule has 0 spiro atoms. The maximum atomic E-state index is 14.3. The highest BCUT2D eigenvalue weighted by atomic mass is 16.2. The van der Waals surface area contributed by atoms with E-state index in [0.29, 0.717) is 18.8 Å². The normalized spacial score (nSPS) is 14.9. The Bertz CT molecular complexity index is 1400. The van der Waals surface area contributed by atoms with Gasteiger partial charge in [0.15, 0.2) is 0 Å². The van der Waals surface area contributed by atoms with Crippen LogP contribution in [0.4, 0.5) is 0 Å². The number of hydrogen-bond donors (Lipinski definition) is 0. The molecular weight excluding hydrogens is 524 g/mol. The molecule has 3 aromatic rings. The molecule has 0 bridgehead atoms. The predicted octanol–water partition coefficient (Wildman–Crippen LogP) is 4.96. The largest absolute Gasteiger partial charge is 0.332 e. The summed E-state index contributed by atoms with van der Waals surface area (Å²) in [5, 5.41) is 5.42. The number of allylic oxidation sites excluding steroid dienone is 1. The van der Waals surface area contributed by atoms with E-state index in [0.717, 1.165) is 28.3 Å². The van der Waals surface area contributed by atoms with Gasteiger partial charge in [-0.15, -0.1) is 0 Å². The van der Waals surface area contributed by atoms with Gasteiger partial charge in [0.1, 0.15) is 12.1 Å². The van der Waals surface area contributed by atoms with Crippen molar-refractivity contribution < 1.29 is 14.4 Å². The molecule has 0 aromatic heterocycles. The van der Waals surface area contributed by atoms with Crippen LogP contribution in [0.5, 0.6) is 0 Å². The molecule has 0 radical (unpaired) electrons. The van der Waals surface area contributed by atoms with Crippen LogP contribution in [0, 0.1) is 5.92 Å². The van der Waals surface area contributed by atoms with Crippen LogP contribution in [-0.2, 0) is 27.2 Å². The standard InChI is InChI=1S/C35H44N4O3/c1-36(2)39(5)35(42)32(24-27-13-7-6-8-14-27)38(4)34(41)31(37(3)33(40)20-12-17-26-15-11-16-26)25-28-21-22-29-18-9-10-19-30(29)23-28/h6-10,12-14,18-23,26,31-32H,11,15-17,24-25H2,1-5H3/t31-,32-/m1/s1. The van der Waals surface area contributed by atoms with Gasteiger partial charge in [0.2, 0.25) is 11.8 Å². The van der Waals surface area contributed by atoms with Crippen LogP contribution in [-0.4, -0.2) is 84.9 Å². The van der Waals surface area contributed by atoms with Gasteiger partial charge in [-0.05, 0) is 40.3 Å². The Kier molecular flexibility index (Phi) is 10.5. The number of hydrogen-bond acceptors (Lipinski definition) is 4. The fraction of sp³-hybridized carbons (Fsp3) is 0.400. The monoisotopic (exact) mass is 568 g/mol. The van der Waals surface area contributed by atoms with Crippen molar-refractivity contribution in [2.75, 3.05) is 35.2 Å². The molecule has 0 unspecified atom stereocenters. The lowest BCUT2D eigenvalue weighted by molar-refractivity contribution is -0.154. The summed E-state index contributed by atoms with van der Waals surface area (Å²) in [5.74, 6) is -0.0245. The fourth-order valence-corrected chi connectivity index (χ4v) is 5.37. The van der Waals surface area contributed by atoms with Gasteiger partial charge in [-0.1, -0.05) is 98.1 Å². The molecule has 2 atom stereocenters. The highest BCUT2D eigenvalue weighted by Crippen LogP contribution is 2.29. The summed E-state index contributed by atoms with van der Waals surface area (Å²) in [6.45, 7) is 0. The average molecular weight is 569 g/mol. The number of fused-ring (bicyclic) bond motifs is 1. The first-order chi connectivity index (χ1) is 20.2. The first-order valence-corrected chi connectivity index (χ1v) is 14.8. The topological polar surface area (TPSA) is 64.2 Å². The lowest BCUT2D eigenvalue weighted by atomic mass is 9.83.